The summed E-state index contributed by atoms with van der Waals surface area (Å²) in [6.45, 7) is 1.87. The summed E-state index contributed by atoms with van der Waals surface area (Å²) in [4.78, 5) is 27.5. The Bertz CT molecular complexity index is 510. The van der Waals surface area contributed by atoms with Gasteiger partial charge in [0.15, 0.2) is 5.82 Å². The molecule has 0 unspecified atom stereocenters. The van der Waals surface area contributed by atoms with Crippen molar-refractivity contribution >= 4 is 34.2 Å². The molecule has 1 aromatic rings. The number of nitrogen functional groups attached to an aromatic ring is 1. The van der Waals surface area contributed by atoms with Crippen LogP contribution in [0.1, 0.15) is 23.2 Å². The third-order valence-corrected chi connectivity index (χ3v) is 4.31. The van der Waals surface area contributed by atoms with Gasteiger partial charge in [-0.2, -0.15) is 4.37 Å². The molecule has 2 heterocycles. The maximum Gasteiger partial charge on any atom is 0.257 e. The van der Waals surface area contributed by atoms with Gasteiger partial charge in [0.25, 0.3) is 5.91 Å². The zero-order chi connectivity index (χ0) is 14.7. The summed E-state index contributed by atoms with van der Waals surface area (Å²) < 4.78 is 4.00. The van der Waals surface area contributed by atoms with E-state index in [4.69, 9.17) is 5.73 Å². The van der Waals surface area contributed by atoms with E-state index in [2.05, 4.69) is 9.69 Å². The predicted molar refractivity (Wildman–Crippen MR) is 79.0 cm³/mol. The molecule has 1 aromatic heterocycles. The average molecular weight is 297 g/mol. The van der Waals surface area contributed by atoms with Crippen molar-refractivity contribution in [2.24, 2.45) is 0 Å². The van der Waals surface area contributed by atoms with E-state index in [-0.39, 0.29) is 24.2 Å². The van der Waals surface area contributed by atoms with Gasteiger partial charge in [-0.1, -0.05) is 0 Å². The molecular formula is C12H19N5O2S. The van der Waals surface area contributed by atoms with Gasteiger partial charge in [-0.15, -0.1) is 0 Å². The summed E-state index contributed by atoms with van der Waals surface area (Å²) in [6, 6.07) is 0. The van der Waals surface area contributed by atoms with Gasteiger partial charge in [-0.25, -0.2) is 0 Å². The summed E-state index contributed by atoms with van der Waals surface area (Å²) in [5.74, 6) is -0.0172. The Morgan fingerprint density at radius 1 is 1.45 bits per heavy atom. The van der Waals surface area contributed by atoms with Gasteiger partial charge in [0, 0.05) is 27.2 Å². The van der Waals surface area contributed by atoms with E-state index < -0.39 is 0 Å². The molecule has 1 fully saturated rings. The monoisotopic (exact) mass is 297 g/mol. The van der Waals surface area contributed by atoms with Crippen molar-refractivity contribution in [1.82, 2.24) is 14.6 Å². The molecule has 0 saturated carbocycles. The fourth-order valence-corrected chi connectivity index (χ4v) is 3.00. The van der Waals surface area contributed by atoms with Crippen LogP contribution >= 0.6 is 11.5 Å². The minimum atomic E-state index is -0.285. The summed E-state index contributed by atoms with van der Waals surface area (Å²) in [7, 11) is 3.31. The third-order valence-electron chi connectivity index (χ3n) is 3.33. The van der Waals surface area contributed by atoms with Crippen LogP contribution in [-0.4, -0.2) is 54.8 Å². The first-order chi connectivity index (χ1) is 9.54. The van der Waals surface area contributed by atoms with E-state index >= 15 is 0 Å². The van der Waals surface area contributed by atoms with Gasteiger partial charge in [-0.3, -0.25) is 9.59 Å². The molecule has 110 valence electrons. The van der Waals surface area contributed by atoms with Crippen LogP contribution < -0.4 is 16.0 Å². The second-order valence-electron chi connectivity index (χ2n) is 4.77. The van der Waals surface area contributed by atoms with Gasteiger partial charge in [0.2, 0.25) is 5.91 Å². The van der Waals surface area contributed by atoms with Gasteiger partial charge >= 0.3 is 0 Å². The van der Waals surface area contributed by atoms with Crippen molar-refractivity contribution in [3.8, 4) is 0 Å². The molecule has 2 amide bonds. The van der Waals surface area contributed by atoms with Crippen molar-refractivity contribution in [3.63, 3.8) is 0 Å². The van der Waals surface area contributed by atoms with Crippen LogP contribution in [0.15, 0.2) is 0 Å². The minimum Gasteiger partial charge on any atom is -0.382 e. The van der Waals surface area contributed by atoms with Crippen LogP contribution in [0.3, 0.4) is 0 Å². The second-order valence-corrected chi connectivity index (χ2v) is 5.52. The van der Waals surface area contributed by atoms with Crippen molar-refractivity contribution in [2.45, 2.75) is 12.8 Å². The number of carbonyl (C=O) groups is 2. The number of nitrogens with zero attached hydrogens (tertiary/aromatic N) is 3. The molecule has 1 aliphatic rings. The fraction of sp³-hybridized carbons (Fsp3) is 0.583. The quantitative estimate of drug-likeness (QED) is 0.825. The highest BCUT2D eigenvalue weighted by molar-refractivity contribution is 7.11. The minimum absolute atomic E-state index is 0.0693. The summed E-state index contributed by atoms with van der Waals surface area (Å²) in [6.07, 6.45) is 2.12. The van der Waals surface area contributed by atoms with Gasteiger partial charge in [-0.05, 0) is 24.4 Å². The number of nitrogens with two attached hydrogens (primary N) is 1. The lowest BCUT2D eigenvalue weighted by atomic mass is 10.3. The number of hydrogen-bond acceptors (Lipinski definition) is 6. The van der Waals surface area contributed by atoms with Crippen LogP contribution in [0.2, 0.25) is 0 Å². The van der Waals surface area contributed by atoms with Gasteiger partial charge < -0.3 is 20.9 Å². The highest BCUT2D eigenvalue weighted by Gasteiger charge is 2.24. The molecule has 0 aliphatic carbocycles. The van der Waals surface area contributed by atoms with E-state index in [1.54, 1.807) is 19.0 Å². The Labute approximate surface area is 121 Å². The lowest BCUT2D eigenvalue weighted by Gasteiger charge is -2.22. The molecule has 0 atom stereocenters. The number of carbonyl (C=O) groups excluding carboxylic acids is 2. The Kier molecular flexibility index (Phi) is 4.43. The Hall–Kier alpha value is -1.83. The van der Waals surface area contributed by atoms with Crippen molar-refractivity contribution in [2.75, 3.05) is 44.4 Å². The summed E-state index contributed by atoms with van der Waals surface area (Å²) in [5.41, 5.74) is 6.07. The smallest absolute Gasteiger partial charge is 0.257 e. The van der Waals surface area contributed by atoms with Gasteiger partial charge in [0.1, 0.15) is 10.6 Å². The molecule has 0 spiro atoms. The highest BCUT2D eigenvalue weighted by Crippen LogP contribution is 2.29. The number of likely N-dealkylation sites (tertiary alicyclic amines) is 1. The van der Waals surface area contributed by atoms with E-state index in [1.165, 1.54) is 0 Å². The summed E-state index contributed by atoms with van der Waals surface area (Å²) >= 11 is 1.13. The van der Waals surface area contributed by atoms with Crippen LogP contribution in [-0.2, 0) is 4.79 Å². The standard InChI is InChI=1S/C12H19N5O2S/c1-14-11(19)9-10(13)15-20-12(9)16(2)7-8(18)17-5-3-4-6-17/h3-7H2,1-2H3,(H2,13,15)(H,14,19). The Morgan fingerprint density at radius 3 is 2.70 bits per heavy atom. The van der Waals surface area contributed by atoms with Crippen molar-refractivity contribution in [1.29, 1.82) is 0 Å². The lowest BCUT2D eigenvalue weighted by molar-refractivity contribution is -0.128. The van der Waals surface area contributed by atoms with E-state index in [0.29, 0.717) is 10.6 Å². The summed E-state index contributed by atoms with van der Waals surface area (Å²) in [5, 5.41) is 3.16. The molecular weight excluding hydrogens is 278 g/mol. The van der Waals surface area contributed by atoms with E-state index in [9.17, 15) is 9.59 Å². The molecule has 1 aliphatic heterocycles. The molecule has 0 radical (unpaired) electrons. The zero-order valence-electron chi connectivity index (χ0n) is 11.7. The molecule has 8 heteroatoms. The zero-order valence-corrected chi connectivity index (χ0v) is 12.5. The molecule has 3 N–H and O–H groups in total. The Morgan fingerprint density at radius 2 is 2.10 bits per heavy atom. The number of anilines is 2. The molecule has 0 bridgehead atoms. The SMILES string of the molecule is CNC(=O)c1c(N)nsc1N(C)CC(=O)N1CCCC1. The van der Waals surface area contributed by atoms with Crippen LogP contribution in [0, 0.1) is 0 Å². The van der Waals surface area contributed by atoms with Crippen LogP contribution in [0.4, 0.5) is 10.8 Å². The number of nitrogens with one attached hydrogen (secondary N) is 1. The van der Waals surface area contributed by atoms with E-state index in [0.717, 1.165) is 37.5 Å². The van der Waals surface area contributed by atoms with Crippen LogP contribution in [0.5, 0.6) is 0 Å². The maximum atomic E-state index is 12.1. The van der Waals surface area contributed by atoms with Gasteiger partial charge in [0.05, 0.1) is 6.54 Å². The number of amides is 2. The number of aromatic nitrogens is 1. The lowest BCUT2D eigenvalue weighted by Crippen LogP contribution is -2.37. The second kappa shape index (κ2) is 6.08. The third kappa shape index (κ3) is 2.84. The van der Waals surface area contributed by atoms with Crippen LogP contribution in [0.25, 0.3) is 0 Å². The number of hydrogen-bond donors (Lipinski definition) is 2. The Balaban J connectivity index is 2.11. The molecule has 7 nitrogen and oxygen atoms in total. The number of rotatable bonds is 4. The molecule has 20 heavy (non-hydrogen) atoms. The topological polar surface area (TPSA) is 91.6 Å². The molecule has 1 saturated heterocycles. The number of likely N-dealkylation sites (N-methyl/N-ethyl adjacent to an activating group) is 1. The molecule has 0 aromatic carbocycles. The average Bonchev–Trinajstić information content (AvgIpc) is 3.06. The van der Waals surface area contributed by atoms with Crippen molar-refractivity contribution in [3.05, 3.63) is 5.56 Å². The van der Waals surface area contributed by atoms with Crippen molar-refractivity contribution < 1.29 is 9.59 Å². The fourth-order valence-electron chi connectivity index (χ4n) is 2.23. The first-order valence-electron chi connectivity index (χ1n) is 6.50. The first-order valence-corrected chi connectivity index (χ1v) is 7.28. The first kappa shape index (κ1) is 14.6. The highest BCUT2D eigenvalue weighted by atomic mass is 32.1. The maximum absolute atomic E-state index is 12.1. The normalized spacial score (nSPS) is 14.4. The largest absolute Gasteiger partial charge is 0.382 e. The predicted octanol–water partition coefficient (Wildman–Crippen LogP) is 0.144. The van der Waals surface area contributed by atoms with E-state index in [1.807, 2.05) is 4.90 Å². The molecule has 2 rings (SSSR count).